The topological polar surface area (TPSA) is 187 Å². The third kappa shape index (κ3) is 6.62. The third-order valence-electron chi connectivity index (χ3n) is 4.37. The predicted molar refractivity (Wildman–Crippen MR) is 107 cm³/mol. The number of aliphatic hydroxyl groups is 1. The molecular weight excluding hydrogens is 462 g/mol. The number of hydrogen-bond acceptors (Lipinski definition) is 13. The Morgan fingerprint density at radius 2 is 1.59 bits per heavy atom. The smallest absolute Gasteiger partial charge is 0.305 e. The molecule has 1 aromatic carbocycles. The minimum atomic E-state index is -2.76. The summed E-state index contributed by atoms with van der Waals surface area (Å²) >= 11 is 0. The Labute approximate surface area is 192 Å². The standard InChI is InChI=1S/C20H23NO13/c1-10(22)29-9-16-20(26,34-13(4)25)18(31-12(3)24)17(30-11(2)23)19(33-16)32-15-7-5-14(6-8-15)21(27)28/h5-8,16-19,26H,9H2,1-4H3/t16-,17-,18+,19-,20-/m0/s1. The van der Waals surface area contributed by atoms with Gasteiger partial charge in [0, 0.05) is 39.8 Å². The fourth-order valence-electron chi connectivity index (χ4n) is 3.12. The second-order valence-electron chi connectivity index (χ2n) is 7.11. The maximum absolute atomic E-state index is 11.8. The van der Waals surface area contributed by atoms with Crippen molar-refractivity contribution in [2.45, 2.75) is 58.1 Å². The Balaban J connectivity index is 2.52. The first-order valence-corrected chi connectivity index (χ1v) is 9.79. The first kappa shape index (κ1) is 26.5. The monoisotopic (exact) mass is 485 g/mol. The van der Waals surface area contributed by atoms with Gasteiger partial charge in [-0.15, -0.1) is 0 Å². The van der Waals surface area contributed by atoms with Crippen molar-refractivity contribution in [1.82, 2.24) is 0 Å². The maximum atomic E-state index is 11.8. The molecule has 34 heavy (non-hydrogen) atoms. The molecule has 0 unspecified atom stereocenters. The van der Waals surface area contributed by atoms with Gasteiger partial charge in [-0.1, -0.05) is 0 Å². The molecule has 0 spiro atoms. The molecule has 1 fully saturated rings. The molecule has 1 aliphatic heterocycles. The van der Waals surface area contributed by atoms with Gasteiger partial charge in [-0.2, -0.15) is 0 Å². The highest BCUT2D eigenvalue weighted by Gasteiger charge is 2.63. The van der Waals surface area contributed by atoms with Crippen molar-refractivity contribution in [2.75, 3.05) is 6.61 Å². The van der Waals surface area contributed by atoms with Crippen molar-refractivity contribution in [3.8, 4) is 5.75 Å². The zero-order valence-corrected chi connectivity index (χ0v) is 18.6. The number of ether oxygens (including phenoxy) is 6. The fourth-order valence-corrected chi connectivity index (χ4v) is 3.12. The number of esters is 4. The van der Waals surface area contributed by atoms with Gasteiger partial charge in [-0.25, -0.2) is 0 Å². The van der Waals surface area contributed by atoms with Gasteiger partial charge < -0.3 is 33.5 Å². The molecule has 14 heteroatoms. The number of nitro benzene ring substituents is 1. The molecule has 14 nitrogen and oxygen atoms in total. The van der Waals surface area contributed by atoms with Crippen LogP contribution >= 0.6 is 0 Å². The van der Waals surface area contributed by atoms with Gasteiger partial charge in [0.05, 0.1) is 4.92 Å². The van der Waals surface area contributed by atoms with Crippen molar-refractivity contribution in [3.63, 3.8) is 0 Å². The van der Waals surface area contributed by atoms with Crippen LogP contribution in [0.25, 0.3) is 0 Å². The highest BCUT2D eigenvalue weighted by Crippen LogP contribution is 2.37. The van der Waals surface area contributed by atoms with Crippen LogP contribution < -0.4 is 4.74 Å². The second kappa shape index (κ2) is 10.9. The molecule has 0 bridgehead atoms. The van der Waals surface area contributed by atoms with Gasteiger partial charge in [0.1, 0.15) is 12.4 Å². The first-order chi connectivity index (χ1) is 15.8. The Morgan fingerprint density at radius 1 is 1.00 bits per heavy atom. The molecular formula is C20H23NO13. The van der Waals surface area contributed by atoms with Crippen LogP contribution in [0, 0.1) is 10.1 Å². The normalized spacial score (nSPS) is 26.0. The van der Waals surface area contributed by atoms with Gasteiger partial charge in [0.15, 0.2) is 6.10 Å². The molecule has 1 heterocycles. The van der Waals surface area contributed by atoms with Crippen molar-refractivity contribution < 1.29 is 57.6 Å². The number of nitrogens with zero attached hydrogens (tertiary/aromatic N) is 1. The van der Waals surface area contributed by atoms with Crippen LogP contribution in [0.3, 0.4) is 0 Å². The molecule has 186 valence electrons. The van der Waals surface area contributed by atoms with Gasteiger partial charge in [-0.3, -0.25) is 29.3 Å². The van der Waals surface area contributed by atoms with Gasteiger partial charge in [-0.05, 0) is 12.1 Å². The van der Waals surface area contributed by atoms with Crippen molar-refractivity contribution in [2.24, 2.45) is 0 Å². The molecule has 0 saturated carbocycles. The fraction of sp³-hybridized carbons (Fsp3) is 0.500. The summed E-state index contributed by atoms with van der Waals surface area (Å²) in [4.78, 5) is 56.9. The van der Waals surface area contributed by atoms with Crippen molar-refractivity contribution >= 4 is 29.6 Å². The lowest BCUT2D eigenvalue weighted by molar-refractivity contribution is -0.385. The zero-order chi connectivity index (χ0) is 25.6. The Kier molecular flexibility index (Phi) is 8.48. The number of carbonyl (C=O) groups is 4. The van der Waals surface area contributed by atoms with E-state index in [4.69, 9.17) is 28.4 Å². The van der Waals surface area contributed by atoms with E-state index in [-0.39, 0.29) is 11.4 Å². The SMILES string of the molecule is CC(=O)OC[C@@H]1O[C@H](Oc2ccc([N+](=O)[O-])cc2)[C@@H](OC(C)=O)[C@@H](OC(C)=O)[C@@]1(O)OC(C)=O. The van der Waals surface area contributed by atoms with E-state index in [0.717, 1.165) is 39.8 Å². The van der Waals surface area contributed by atoms with Crippen LogP contribution in [0.5, 0.6) is 5.75 Å². The molecule has 0 amide bonds. The largest absolute Gasteiger partial charge is 0.463 e. The molecule has 2 rings (SSSR count). The van der Waals surface area contributed by atoms with E-state index in [2.05, 4.69) is 0 Å². The Morgan fingerprint density at radius 3 is 2.06 bits per heavy atom. The lowest BCUT2D eigenvalue weighted by Gasteiger charge is -2.48. The van der Waals surface area contributed by atoms with E-state index < -0.39 is 65.8 Å². The lowest BCUT2D eigenvalue weighted by atomic mass is 9.94. The Bertz CT molecular complexity index is 946. The van der Waals surface area contributed by atoms with Crippen LogP contribution in [-0.2, 0) is 42.9 Å². The number of hydrogen-bond donors (Lipinski definition) is 1. The quantitative estimate of drug-likeness (QED) is 0.175. The molecule has 1 aromatic rings. The highest BCUT2D eigenvalue weighted by atomic mass is 16.8. The third-order valence-corrected chi connectivity index (χ3v) is 4.37. The highest BCUT2D eigenvalue weighted by molar-refractivity contribution is 5.69. The summed E-state index contributed by atoms with van der Waals surface area (Å²) < 4.78 is 31.5. The van der Waals surface area contributed by atoms with E-state index in [1.165, 1.54) is 12.1 Å². The molecule has 1 saturated heterocycles. The van der Waals surface area contributed by atoms with E-state index in [0.29, 0.717) is 0 Å². The lowest BCUT2D eigenvalue weighted by Crippen LogP contribution is -2.71. The molecule has 0 aliphatic carbocycles. The maximum Gasteiger partial charge on any atom is 0.305 e. The average molecular weight is 485 g/mol. The Hall–Kier alpha value is -3.78. The summed E-state index contributed by atoms with van der Waals surface area (Å²) in [6.07, 6.45) is -6.84. The number of non-ortho nitro benzene ring substituents is 1. The second-order valence-corrected chi connectivity index (χ2v) is 7.11. The van der Waals surface area contributed by atoms with Crippen LogP contribution in [0.4, 0.5) is 5.69 Å². The molecule has 0 radical (unpaired) electrons. The summed E-state index contributed by atoms with van der Waals surface area (Å²) in [5.74, 6) is -6.39. The molecule has 0 aromatic heterocycles. The van der Waals surface area contributed by atoms with Crippen LogP contribution in [-0.4, -0.2) is 70.9 Å². The predicted octanol–water partition coefficient (Wildman–Crippen LogP) is 0.377. The van der Waals surface area contributed by atoms with Gasteiger partial charge in [0.2, 0.25) is 18.5 Å². The number of benzene rings is 1. The minimum Gasteiger partial charge on any atom is -0.463 e. The van der Waals surface area contributed by atoms with Crippen LogP contribution in [0.2, 0.25) is 0 Å². The summed E-state index contributed by atoms with van der Waals surface area (Å²) in [7, 11) is 0. The average Bonchev–Trinajstić information content (AvgIpc) is 2.71. The number of carbonyl (C=O) groups excluding carboxylic acids is 4. The van der Waals surface area contributed by atoms with E-state index in [1.807, 2.05) is 0 Å². The van der Waals surface area contributed by atoms with E-state index in [1.54, 1.807) is 0 Å². The number of rotatable bonds is 8. The molecule has 1 aliphatic rings. The van der Waals surface area contributed by atoms with E-state index in [9.17, 15) is 34.4 Å². The van der Waals surface area contributed by atoms with Gasteiger partial charge in [0.25, 0.3) is 11.5 Å². The van der Waals surface area contributed by atoms with E-state index >= 15 is 0 Å². The van der Waals surface area contributed by atoms with Crippen molar-refractivity contribution in [1.29, 1.82) is 0 Å². The van der Waals surface area contributed by atoms with Crippen molar-refractivity contribution in [3.05, 3.63) is 34.4 Å². The summed E-state index contributed by atoms with van der Waals surface area (Å²) in [6.45, 7) is 3.35. The number of nitro groups is 1. The summed E-state index contributed by atoms with van der Waals surface area (Å²) in [5.41, 5.74) is -0.233. The van der Waals surface area contributed by atoms with Crippen LogP contribution in [0.15, 0.2) is 24.3 Å². The minimum absolute atomic E-state index is 0.0125. The summed E-state index contributed by atoms with van der Waals surface area (Å²) in [6, 6.07) is 4.71. The van der Waals surface area contributed by atoms with Crippen LogP contribution in [0.1, 0.15) is 27.7 Å². The van der Waals surface area contributed by atoms with Gasteiger partial charge >= 0.3 is 23.9 Å². The zero-order valence-electron chi connectivity index (χ0n) is 18.6. The summed E-state index contributed by atoms with van der Waals surface area (Å²) in [5, 5.41) is 22.1. The molecule has 5 atom stereocenters. The first-order valence-electron chi connectivity index (χ1n) is 9.79. The molecule has 1 N–H and O–H groups in total.